The van der Waals surface area contributed by atoms with Gasteiger partial charge in [-0.15, -0.1) is 0 Å². The fourth-order valence-corrected chi connectivity index (χ4v) is 0.903. The van der Waals surface area contributed by atoms with Gasteiger partial charge < -0.3 is 5.73 Å². The van der Waals surface area contributed by atoms with Crippen molar-refractivity contribution in [3.05, 3.63) is 22.9 Å². The average molecular weight is 158 g/mol. The molecular formula is C8H6N4. The Labute approximate surface area is 69.9 Å². The van der Waals surface area contributed by atoms with Crippen LogP contribution >= 0.6 is 0 Å². The Hall–Kier alpha value is -2.07. The van der Waals surface area contributed by atoms with Gasteiger partial charge in [0.15, 0.2) is 0 Å². The standard InChI is InChI=1S/C8H6N4/c1-5-2-6(3-9)7(4-10)8(11)12-5/h2H,1H3,(H2,11,12). The zero-order valence-electron chi connectivity index (χ0n) is 6.50. The summed E-state index contributed by atoms with van der Waals surface area (Å²) in [5.41, 5.74) is 6.50. The summed E-state index contributed by atoms with van der Waals surface area (Å²) in [6.45, 7) is 1.72. The molecule has 0 aliphatic rings. The Morgan fingerprint density at radius 2 is 2.08 bits per heavy atom. The number of aromatic nitrogens is 1. The summed E-state index contributed by atoms with van der Waals surface area (Å²) in [5.74, 6) is 0.119. The number of anilines is 1. The Bertz CT molecular complexity index is 395. The van der Waals surface area contributed by atoms with Crippen LogP contribution in [-0.2, 0) is 0 Å². The monoisotopic (exact) mass is 158 g/mol. The molecule has 0 aliphatic carbocycles. The fraction of sp³-hybridized carbons (Fsp3) is 0.125. The lowest BCUT2D eigenvalue weighted by Gasteiger charge is -1.99. The van der Waals surface area contributed by atoms with Crippen molar-refractivity contribution < 1.29 is 0 Å². The van der Waals surface area contributed by atoms with Crippen molar-refractivity contribution in [3.8, 4) is 12.1 Å². The first kappa shape index (κ1) is 8.03. The van der Waals surface area contributed by atoms with Gasteiger partial charge in [0.05, 0.1) is 5.56 Å². The Morgan fingerprint density at radius 1 is 1.42 bits per heavy atom. The Balaban J connectivity index is 3.50. The largest absolute Gasteiger partial charge is 0.383 e. The summed E-state index contributed by atoms with van der Waals surface area (Å²) in [6, 6.07) is 5.25. The van der Waals surface area contributed by atoms with E-state index < -0.39 is 0 Å². The summed E-state index contributed by atoms with van der Waals surface area (Å²) >= 11 is 0. The molecule has 0 spiro atoms. The molecule has 0 unspecified atom stereocenters. The van der Waals surface area contributed by atoms with Crippen molar-refractivity contribution in [3.63, 3.8) is 0 Å². The number of aryl methyl sites for hydroxylation is 1. The van der Waals surface area contributed by atoms with Crippen molar-refractivity contribution >= 4 is 5.82 Å². The second kappa shape index (κ2) is 2.89. The molecule has 0 atom stereocenters. The maximum Gasteiger partial charge on any atom is 0.142 e. The van der Waals surface area contributed by atoms with Gasteiger partial charge >= 0.3 is 0 Å². The lowest BCUT2D eigenvalue weighted by molar-refractivity contribution is 1.19. The van der Waals surface area contributed by atoms with E-state index in [2.05, 4.69) is 4.98 Å². The zero-order valence-corrected chi connectivity index (χ0v) is 6.50. The Kier molecular flexibility index (Phi) is 1.94. The molecule has 1 aromatic heterocycles. The molecule has 1 heterocycles. The highest BCUT2D eigenvalue weighted by Crippen LogP contribution is 2.13. The van der Waals surface area contributed by atoms with Gasteiger partial charge in [0.25, 0.3) is 0 Å². The number of hydrogen-bond acceptors (Lipinski definition) is 4. The van der Waals surface area contributed by atoms with Gasteiger partial charge in [-0.2, -0.15) is 10.5 Å². The first-order valence-corrected chi connectivity index (χ1v) is 3.26. The van der Waals surface area contributed by atoms with E-state index >= 15 is 0 Å². The van der Waals surface area contributed by atoms with E-state index in [1.165, 1.54) is 6.07 Å². The molecule has 4 heteroatoms. The predicted octanol–water partition coefficient (Wildman–Crippen LogP) is 0.716. The molecule has 1 rings (SSSR count). The van der Waals surface area contributed by atoms with Crippen LogP contribution in [-0.4, -0.2) is 4.98 Å². The van der Waals surface area contributed by atoms with Crippen molar-refractivity contribution in [2.45, 2.75) is 6.92 Å². The van der Waals surface area contributed by atoms with Crippen LogP contribution in [0.3, 0.4) is 0 Å². The van der Waals surface area contributed by atoms with Crippen molar-refractivity contribution in [1.82, 2.24) is 4.98 Å². The zero-order chi connectivity index (χ0) is 9.14. The van der Waals surface area contributed by atoms with Gasteiger partial charge in [0.1, 0.15) is 23.5 Å². The fourth-order valence-electron chi connectivity index (χ4n) is 0.903. The molecule has 0 amide bonds. The number of nitriles is 2. The van der Waals surface area contributed by atoms with E-state index in [0.717, 1.165) is 0 Å². The molecule has 12 heavy (non-hydrogen) atoms. The minimum atomic E-state index is 0.119. The van der Waals surface area contributed by atoms with E-state index in [4.69, 9.17) is 16.3 Å². The number of rotatable bonds is 0. The van der Waals surface area contributed by atoms with Crippen LogP contribution in [0.4, 0.5) is 5.82 Å². The number of nitrogens with zero attached hydrogens (tertiary/aromatic N) is 3. The van der Waals surface area contributed by atoms with E-state index in [1.807, 2.05) is 12.1 Å². The molecule has 0 bridgehead atoms. The third kappa shape index (κ3) is 1.18. The van der Waals surface area contributed by atoms with Gasteiger partial charge in [-0.25, -0.2) is 4.98 Å². The highest BCUT2D eigenvalue weighted by molar-refractivity contribution is 5.57. The van der Waals surface area contributed by atoms with Gasteiger partial charge in [-0.05, 0) is 13.0 Å². The number of nitrogen functional groups attached to an aromatic ring is 1. The SMILES string of the molecule is Cc1cc(C#N)c(C#N)c(N)n1. The van der Waals surface area contributed by atoms with E-state index in [0.29, 0.717) is 5.69 Å². The van der Waals surface area contributed by atoms with Crippen LogP contribution in [0.2, 0.25) is 0 Å². The van der Waals surface area contributed by atoms with Gasteiger partial charge in [-0.3, -0.25) is 0 Å². The summed E-state index contributed by atoms with van der Waals surface area (Å²) < 4.78 is 0. The Morgan fingerprint density at radius 3 is 2.58 bits per heavy atom. The van der Waals surface area contributed by atoms with Crippen molar-refractivity contribution in [2.24, 2.45) is 0 Å². The molecule has 0 fully saturated rings. The molecule has 0 saturated carbocycles. The third-order valence-corrected chi connectivity index (χ3v) is 1.41. The molecule has 2 N–H and O–H groups in total. The summed E-state index contributed by atoms with van der Waals surface area (Å²) in [6.07, 6.45) is 0. The highest BCUT2D eigenvalue weighted by atomic mass is 14.8. The lowest BCUT2D eigenvalue weighted by Crippen LogP contribution is -1.99. The van der Waals surface area contributed by atoms with Crippen LogP contribution in [0, 0.1) is 29.6 Å². The topological polar surface area (TPSA) is 86.5 Å². The minimum Gasteiger partial charge on any atom is -0.383 e. The molecule has 1 aromatic rings. The number of pyridine rings is 1. The second-order valence-electron chi connectivity index (χ2n) is 2.30. The van der Waals surface area contributed by atoms with E-state index in [-0.39, 0.29) is 16.9 Å². The number of nitrogens with two attached hydrogens (primary N) is 1. The van der Waals surface area contributed by atoms with Crippen LogP contribution < -0.4 is 5.73 Å². The first-order chi connectivity index (χ1) is 5.69. The quantitative estimate of drug-likeness (QED) is 0.602. The average Bonchev–Trinajstić information content (AvgIpc) is 2.03. The smallest absolute Gasteiger partial charge is 0.142 e. The van der Waals surface area contributed by atoms with Crippen LogP contribution in [0.25, 0.3) is 0 Å². The van der Waals surface area contributed by atoms with E-state index in [9.17, 15) is 0 Å². The highest BCUT2D eigenvalue weighted by Gasteiger charge is 2.06. The maximum atomic E-state index is 8.61. The van der Waals surface area contributed by atoms with Crippen molar-refractivity contribution in [2.75, 3.05) is 5.73 Å². The normalized spacial score (nSPS) is 8.58. The molecule has 0 radical (unpaired) electrons. The third-order valence-electron chi connectivity index (χ3n) is 1.41. The van der Waals surface area contributed by atoms with Gasteiger partial charge in [0, 0.05) is 5.69 Å². The number of hydrogen-bond donors (Lipinski definition) is 1. The molecule has 0 aromatic carbocycles. The lowest BCUT2D eigenvalue weighted by atomic mass is 10.1. The summed E-state index contributed by atoms with van der Waals surface area (Å²) in [4.78, 5) is 3.86. The van der Waals surface area contributed by atoms with Crippen LogP contribution in [0.1, 0.15) is 16.8 Å². The predicted molar refractivity (Wildman–Crippen MR) is 42.8 cm³/mol. The molecule has 4 nitrogen and oxygen atoms in total. The molecule has 58 valence electrons. The van der Waals surface area contributed by atoms with Crippen LogP contribution in [0.15, 0.2) is 6.07 Å². The van der Waals surface area contributed by atoms with E-state index in [1.54, 1.807) is 6.92 Å². The molecular weight excluding hydrogens is 152 g/mol. The maximum absolute atomic E-state index is 8.61. The summed E-state index contributed by atoms with van der Waals surface area (Å²) in [7, 11) is 0. The minimum absolute atomic E-state index is 0.119. The van der Waals surface area contributed by atoms with Crippen molar-refractivity contribution in [1.29, 1.82) is 10.5 Å². The van der Waals surface area contributed by atoms with Crippen LogP contribution in [0.5, 0.6) is 0 Å². The second-order valence-corrected chi connectivity index (χ2v) is 2.30. The first-order valence-electron chi connectivity index (χ1n) is 3.26. The van der Waals surface area contributed by atoms with Gasteiger partial charge in [-0.1, -0.05) is 0 Å². The molecule has 0 aliphatic heterocycles. The summed E-state index contributed by atoms with van der Waals surface area (Å²) in [5, 5.41) is 17.2. The molecule has 0 saturated heterocycles. The van der Waals surface area contributed by atoms with Gasteiger partial charge in [0.2, 0.25) is 0 Å².